The number of phenols is 2. The zero-order chi connectivity index (χ0) is 17.1. The van der Waals surface area contributed by atoms with Crippen molar-refractivity contribution in [2.45, 2.75) is 26.7 Å². The normalized spacial score (nSPS) is 10.8. The molecule has 0 saturated heterocycles. The average Bonchev–Trinajstić information content (AvgIpc) is 2.49. The van der Waals surface area contributed by atoms with Gasteiger partial charge in [-0.3, -0.25) is 4.79 Å². The Bertz CT molecular complexity index is 711. The minimum atomic E-state index is -0.404. The predicted molar refractivity (Wildman–Crippen MR) is 87.6 cm³/mol. The summed E-state index contributed by atoms with van der Waals surface area (Å²) in [6.07, 6.45) is 0. The highest BCUT2D eigenvalue weighted by Crippen LogP contribution is 2.33. The van der Waals surface area contributed by atoms with E-state index in [9.17, 15) is 19.4 Å². The molecule has 0 atom stereocenters. The zero-order valence-corrected chi connectivity index (χ0v) is 13.4. The third kappa shape index (κ3) is 3.44. The lowest BCUT2D eigenvalue weighted by Gasteiger charge is -2.22. The molecular weight excluding hydrogens is 297 g/mol. The molecule has 0 bridgehead atoms. The smallest absolute Gasteiger partial charge is 0.262 e. The molecule has 0 aliphatic carbocycles. The summed E-state index contributed by atoms with van der Waals surface area (Å²) in [4.78, 5) is 14.2. The second-order valence-electron chi connectivity index (χ2n) is 5.61. The third-order valence-corrected chi connectivity index (χ3v) is 3.70. The molecule has 122 valence electrons. The molecule has 1 amide bonds. The molecule has 2 N–H and O–H groups in total. The largest absolute Gasteiger partial charge is 0.508 e. The zero-order valence-electron chi connectivity index (χ0n) is 13.4. The minimum Gasteiger partial charge on any atom is -0.508 e. The predicted octanol–water partition coefficient (Wildman–Crippen LogP) is 4.03. The van der Waals surface area contributed by atoms with Crippen LogP contribution >= 0.6 is 0 Å². The lowest BCUT2D eigenvalue weighted by Crippen LogP contribution is -2.30. The fourth-order valence-corrected chi connectivity index (χ4v) is 2.44. The first kappa shape index (κ1) is 16.8. The van der Waals surface area contributed by atoms with Crippen LogP contribution in [0, 0.1) is 5.82 Å². The van der Waals surface area contributed by atoms with Gasteiger partial charge >= 0.3 is 0 Å². The van der Waals surface area contributed by atoms with Crippen LogP contribution in [0.4, 0.5) is 10.1 Å². The maximum atomic E-state index is 13.1. The lowest BCUT2D eigenvalue weighted by atomic mass is 9.98. The summed E-state index contributed by atoms with van der Waals surface area (Å²) in [6.45, 7) is 5.93. The number of amides is 1. The second kappa shape index (κ2) is 6.69. The quantitative estimate of drug-likeness (QED) is 0.895. The Balaban J connectivity index is 2.45. The highest BCUT2D eigenvalue weighted by Gasteiger charge is 2.22. The molecule has 0 radical (unpaired) electrons. The number of anilines is 1. The van der Waals surface area contributed by atoms with Gasteiger partial charge in [-0.15, -0.1) is 0 Å². The van der Waals surface area contributed by atoms with Gasteiger partial charge in [-0.2, -0.15) is 0 Å². The Morgan fingerprint density at radius 1 is 1.13 bits per heavy atom. The maximum Gasteiger partial charge on any atom is 0.262 e. The monoisotopic (exact) mass is 317 g/mol. The summed E-state index contributed by atoms with van der Waals surface area (Å²) in [5.41, 5.74) is 1.23. The van der Waals surface area contributed by atoms with Gasteiger partial charge in [-0.25, -0.2) is 4.39 Å². The average molecular weight is 317 g/mol. The summed E-state index contributed by atoms with van der Waals surface area (Å²) in [6, 6.07) is 8.27. The van der Waals surface area contributed by atoms with Gasteiger partial charge < -0.3 is 15.1 Å². The van der Waals surface area contributed by atoms with Crippen molar-refractivity contribution >= 4 is 11.6 Å². The van der Waals surface area contributed by atoms with Gasteiger partial charge in [0.25, 0.3) is 5.91 Å². The molecule has 5 heteroatoms. The molecule has 2 aromatic rings. The van der Waals surface area contributed by atoms with Crippen LogP contribution in [0.1, 0.15) is 42.6 Å². The highest BCUT2D eigenvalue weighted by atomic mass is 19.1. The van der Waals surface area contributed by atoms with Crippen molar-refractivity contribution in [3.05, 3.63) is 53.3 Å². The van der Waals surface area contributed by atoms with Crippen LogP contribution in [0.3, 0.4) is 0 Å². The van der Waals surface area contributed by atoms with Crippen LogP contribution in [0.5, 0.6) is 11.5 Å². The Hall–Kier alpha value is -2.56. The van der Waals surface area contributed by atoms with Crippen LogP contribution in [-0.2, 0) is 0 Å². The molecule has 0 fully saturated rings. The number of nitrogens with zero attached hydrogens (tertiary/aromatic N) is 1. The van der Waals surface area contributed by atoms with Crippen molar-refractivity contribution in [1.82, 2.24) is 0 Å². The maximum absolute atomic E-state index is 13.1. The van der Waals surface area contributed by atoms with Gasteiger partial charge in [0.15, 0.2) is 0 Å². The first-order valence-corrected chi connectivity index (χ1v) is 7.48. The van der Waals surface area contributed by atoms with Gasteiger partial charge in [0.1, 0.15) is 17.3 Å². The van der Waals surface area contributed by atoms with Crippen LogP contribution < -0.4 is 4.90 Å². The molecule has 2 aromatic carbocycles. The van der Waals surface area contributed by atoms with Gasteiger partial charge in [0.2, 0.25) is 0 Å². The van der Waals surface area contributed by atoms with Crippen LogP contribution in [0.2, 0.25) is 0 Å². The van der Waals surface area contributed by atoms with Crippen molar-refractivity contribution in [2.75, 3.05) is 11.4 Å². The molecule has 0 unspecified atom stereocenters. The minimum absolute atomic E-state index is 0.00282. The number of carbonyl (C=O) groups excluding carboxylic acids is 1. The highest BCUT2D eigenvalue weighted by molar-refractivity contribution is 6.08. The molecule has 0 aliphatic heterocycles. The van der Waals surface area contributed by atoms with E-state index in [2.05, 4.69) is 0 Å². The van der Waals surface area contributed by atoms with E-state index in [1.165, 1.54) is 41.3 Å². The summed E-state index contributed by atoms with van der Waals surface area (Å²) >= 11 is 0. The van der Waals surface area contributed by atoms with E-state index in [1.54, 1.807) is 6.92 Å². The first-order valence-electron chi connectivity index (χ1n) is 7.48. The number of phenolic OH excluding ortho intramolecular Hbond substituents is 2. The van der Waals surface area contributed by atoms with E-state index in [0.29, 0.717) is 17.8 Å². The molecule has 0 aliphatic rings. The van der Waals surface area contributed by atoms with Gasteiger partial charge in [0.05, 0.1) is 5.56 Å². The molecule has 0 spiro atoms. The Morgan fingerprint density at radius 3 is 2.26 bits per heavy atom. The van der Waals surface area contributed by atoms with Gasteiger partial charge in [-0.05, 0) is 48.7 Å². The molecule has 0 heterocycles. The molecule has 2 rings (SSSR count). The van der Waals surface area contributed by atoms with E-state index in [1.807, 2.05) is 13.8 Å². The topological polar surface area (TPSA) is 60.8 Å². The second-order valence-corrected chi connectivity index (χ2v) is 5.61. The van der Waals surface area contributed by atoms with Crippen molar-refractivity contribution in [3.63, 3.8) is 0 Å². The van der Waals surface area contributed by atoms with Crippen molar-refractivity contribution in [1.29, 1.82) is 0 Å². The number of hydrogen-bond acceptors (Lipinski definition) is 3. The third-order valence-electron chi connectivity index (χ3n) is 3.70. The Morgan fingerprint density at radius 2 is 1.74 bits per heavy atom. The van der Waals surface area contributed by atoms with E-state index >= 15 is 0 Å². The van der Waals surface area contributed by atoms with Crippen molar-refractivity contribution < 1.29 is 19.4 Å². The first-order chi connectivity index (χ1) is 10.8. The molecule has 4 nitrogen and oxygen atoms in total. The van der Waals surface area contributed by atoms with E-state index in [0.717, 1.165) is 0 Å². The summed E-state index contributed by atoms with van der Waals surface area (Å²) < 4.78 is 13.1. The number of benzene rings is 2. The Labute approximate surface area is 134 Å². The summed E-state index contributed by atoms with van der Waals surface area (Å²) in [5, 5.41) is 19.9. The number of rotatable bonds is 4. The van der Waals surface area contributed by atoms with Crippen LogP contribution in [-0.4, -0.2) is 22.7 Å². The molecule has 0 saturated carbocycles. The van der Waals surface area contributed by atoms with Gasteiger partial charge in [0, 0.05) is 18.3 Å². The number of halogens is 1. The summed E-state index contributed by atoms with van der Waals surface area (Å²) in [7, 11) is 0. The van der Waals surface area contributed by atoms with E-state index in [-0.39, 0.29) is 28.8 Å². The standard InChI is InChI=1S/C18H20FNO3/c1-4-20(13-7-5-12(19)6-8-13)18(23)15-9-14(11(2)3)16(21)10-17(15)22/h5-11,21-22H,4H2,1-3H3. The fourth-order valence-electron chi connectivity index (χ4n) is 2.44. The van der Waals surface area contributed by atoms with Crippen molar-refractivity contribution in [2.24, 2.45) is 0 Å². The lowest BCUT2D eigenvalue weighted by molar-refractivity contribution is 0.0985. The SMILES string of the molecule is CCN(C(=O)c1cc(C(C)C)c(O)cc1O)c1ccc(F)cc1. The number of aromatic hydroxyl groups is 2. The number of carbonyl (C=O) groups is 1. The van der Waals surface area contributed by atoms with E-state index in [4.69, 9.17) is 0 Å². The summed E-state index contributed by atoms with van der Waals surface area (Å²) in [5.74, 6) is -1.11. The van der Waals surface area contributed by atoms with Crippen LogP contribution in [0.25, 0.3) is 0 Å². The van der Waals surface area contributed by atoms with Gasteiger partial charge in [-0.1, -0.05) is 13.8 Å². The van der Waals surface area contributed by atoms with E-state index < -0.39 is 5.91 Å². The van der Waals surface area contributed by atoms with Crippen molar-refractivity contribution in [3.8, 4) is 11.5 Å². The van der Waals surface area contributed by atoms with Crippen LogP contribution in [0.15, 0.2) is 36.4 Å². The fraction of sp³-hybridized carbons (Fsp3) is 0.278. The molecular formula is C18H20FNO3. The number of hydrogen-bond donors (Lipinski definition) is 2. The molecule has 23 heavy (non-hydrogen) atoms. The Kier molecular flexibility index (Phi) is 4.89. The molecule has 0 aromatic heterocycles.